The normalized spacial score (nSPS) is 11.9. The van der Waals surface area contributed by atoms with Crippen molar-refractivity contribution in [3.05, 3.63) is 50.3 Å². The van der Waals surface area contributed by atoms with Crippen LogP contribution in [-0.2, 0) is 9.53 Å². The van der Waals surface area contributed by atoms with Crippen molar-refractivity contribution in [3.8, 4) is 5.75 Å². The summed E-state index contributed by atoms with van der Waals surface area (Å²) >= 11 is 7.16. The molecule has 3 aromatic rings. The molecule has 2 heterocycles. The van der Waals surface area contributed by atoms with Crippen molar-refractivity contribution in [2.75, 3.05) is 19.5 Å². The predicted octanol–water partition coefficient (Wildman–Crippen LogP) is 3.41. The Hall–Kier alpha value is -2.91. The third-order valence-corrected chi connectivity index (χ3v) is 5.94. The first-order chi connectivity index (χ1) is 13.8. The number of thiophene rings is 1. The minimum absolute atomic E-state index is 0.296. The van der Waals surface area contributed by atoms with Crippen molar-refractivity contribution in [1.29, 1.82) is 0 Å². The van der Waals surface area contributed by atoms with E-state index in [4.69, 9.17) is 21.1 Å². The van der Waals surface area contributed by atoms with E-state index in [2.05, 4.69) is 10.3 Å². The molecule has 0 aliphatic rings. The number of anilines is 1. The summed E-state index contributed by atoms with van der Waals surface area (Å²) in [6, 6.07) is 3.98. The number of nitrogens with zero attached hydrogens (tertiary/aromatic N) is 2. The molecule has 0 saturated carbocycles. The summed E-state index contributed by atoms with van der Waals surface area (Å²) in [5.74, 6) is -0.466. The van der Waals surface area contributed by atoms with E-state index < -0.39 is 23.5 Å². The Morgan fingerprint density at radius 2 is 2.03 bits per heavy atom. The largest absolute Gasteiger partial charge is 0.495 e. The average molecular weight is 436 g/mol. The number of carbonyl (C=O) groups is 2. The van der Waals surface area contributed by atoms with Gasteiger partial charge in [-0.05, 0) is 37.6 Å². The molecule has 1 amide bonds. The van der Waals surface area contributed by atoms with Gasteiger partial charge in [0.1, 0.15) is 21.5 Å². The number of benzene rings is 1. The van der Waals surface area contributed by atoms with Crippen molar-refractivity contribution < 1.29 is 19.1 Å². The van der Waals surface area contributed by atoms with Gasteiger partial charge in [0.15, 0.2) is 0 Å². The number of aromatic nitrogens is 2. The molecule has 0 spiro atoms. The Morgan fingerprint density at radius 1 is 1.31 bits per heavy atom. The first-order valence-electron chi connectivity index (χ1n) is 8.51. The standard InChI is InChI=1S/C19H18ClN3O5S/c1-9-14-17(29-15(9)19(26)28-4)21-8-23(18(14)25)10(2)16(24)22-11-5-6-13(27-3)12(20)7-11/h5-8,10H,1-4H3,(H,22,24). The number of aryl methyl sites for hydroxylation is 1. The molecule has 152 valence electrons. The number of carbonyl (C=O) groups excluding carboxylic acids is 2. The van der Waals surface area contributed by atoms with Crippen LogP contribution in [0.25, 0.3) is 10.2 Å². The van der Waals surface area contributed by atoms with Crippen LogP contribution in [0.1, 0.15) is 28.2 Å². The number of hydrogen-bond acceptors (Lipinski definition) is 7. The number of halogens is 1. The first-order valence-corrected chi connectivity index (χ1v) is 9.70. The van der Waals surface area contributed by atoms with Crippen molar-refractivity contribution in [2.45, 2.75) is 19.9 Å². The van der Waals surface area contributed by atoms with Crippen LogP contribution in [0.4, 0.5) is 5.69 Å². The molecule has 0 bridgehead atoms. The summed E-state index contributed by atoms with van der Waals surface area (Å²) in [7, 11) is 2.77. The molecule has 2 aromatic heterocycles. The Labute approximate surface area is 175 Å². The Bertz CT molecular complexity index is 1170. The fourth-order valence-corrected chi connectivity index (χ4v) is 4.13. The van der Waals surface area contributed by atoms with Gasteiger partial charge in [0.25, 0.3) is 5.56 Å². The molecule has 1 aromatic carbocycles. The molecule has 29 heavy (non-hydrogen) atoms. The highest BCUT2D eigenvalue weighted by Gasteiger charge is 2.23. The smallest absolute Gasteiger partial charge is 0.348 e. The van der Waals surface area contributed by atoms with E-state index in [1.165, 1.54) is 25.1 Å². The van der Waals surface area contributed by atoms with E-state index in [9.17, 15) is 14.4 Å². The van der Waals surface area contributed by atoms with Crippen LogP contribution >= 0.6 is 22.9 Å². The molecule has 0 aliphatic carbocycles. The van der Waals surface area contributed by atoms with E-state index in [-0.39, 0.29) is 0 Å². The molecule has 8 nitrogen and oxygen atoms in total. The maximum atomic E-state index is 13.0. The lowest BCUT2D eigenvalue weighted by atomic mass is 10.2. The third kappa shape index (κ3) is 3.83. The van der Waals surface area contributed by atoms with Crippen molar-refractivity contribution in [1.82, 2.24) is 9.55 Å². The lowest BCUT2D eigenvalue weighted by Gasteiger charge is -2.15. The maximum Gasteiger partial charge on any atom is 0.348 e. The second-order valence-electron chi connectivity index (χ2n) is 6.20. The van der Waals surface area contributed by atoms with Gasteiger partial charge in [-0.3, -0.25) is 14.2 Å². The first kappa shape index (κ1) is 20.8. The van der Waals surface area contributed by atoms with E-state index in [0.717, 1.165) is 11.3 Å². The van der Waals surface area contributed by atoms with Crippen molar-refractivity contribution in [2.24, 2.45) is 0 Å². The monoisotopic (exact) mass is 435 g/mol. The Morgan fingerprint density at radius 3 is 2.66 bits per heavy atom. The molecule has 0 radical (unpaired) electrons. The second-order valence-corrected chi connectivity index (χ2v) is 7.61. The van der Waals surface area contributed by atoms with Gasteiger partial charge in [-0.15, -0.1) is 11.3 Å². The highest BCUT2D eigenvalue weighted by molar-refractivity contribution is 7.20. The molecule has 0 saturated heterocycles. The zero-order valence-corrected chi connectivity index (χ0v) is 17.7. The highest BCUT2D eigenvalue weighted by atomic mass is 35.5. The van der Waals surface area contributed by atoms with Gasteiger partial charge < -0.3 is 14.8 Å². The quantitative estimate of drug-likeness (QED) is 0.616. The summed E-state index contributed by atoms with van der Waals surface area (Å²) in [6.45, 7) is 3.24. The molecule has 10 heteroatoms. The summed E-state index contributed by atoms with van der Waals surface area (Å²) in [4.78, 5) is 42.5. The molecular weight excluding hydrogens is 418 g/mol. The van der Waals surface area contributed by atoms with Gasteiger partial charge >= 0.3 is 5.97 Å². The fourth-order valence-electron chi connectivity index (χ4n) is 2.82. The van der Waals surface area contributed by atoms with Crippen LogP contribution in [0.15, 0.2) is 29.3 Å². The van der Waals surface area contributed by atoms with Crippen LogP contribution in [0.2, 0.25) is 5.02 Å². The lowest BCUT2D eigenvalue weighted by molar-refractivity contribution is -0.118. The molecule has 1 atom stereocenters. The molecule has 1 N–H and O–H groups in total. The molecule has 0 aliphatic heterocycles. The van der Waals surface area contributed by atoms with Gasteiger partial charge in [-0.25, -0.2) is 9.78 Å². The molecule has 1 unspecified atom stereocenters. The van der Waals surface area contributed by atoms with Crippen LogP contribution in [0.5, 0.6) is 5.75 Å². The van der Waals surface area contributed by atoms with Gasteiger partial charge in [0.2, 0.25) is 5.91 Å². The van der Waals surface area contributed by atoms with Gasteiger partial charge in [-0.1, -0.05) is 11.6 Å². The van der Waals surface area contributed by atoms with Crippen molar-refractivity contribution >= 4 is 50.7 Å². The minimum Gasteiger partial charge on any atom is -0.495 e. The van der Waals surface area contributed by atoms with Gasteiger partial charge in [-0.2, -0.15) is 0 Å². The summed E-state index contributed by atoms with van der Waals surface area (Å²) in [5, 5.41) is 3.36. The van der Waals surface area contributed by atoms with Gasteiger partial charge in [0, 0.05) is 5.69 Å². The number of esters is 1. The van der Waals surface area contributed by atoms with Crippen LogP contribution in [0.3, 0.4) is 0 Å². The van der Waals surface area contributed by atoms with Crippen LogP contribution < -0.4 is 15.6 Å². The molecule has 3 rings (SSSR count). The van der Waals surface area contributed by atoms with E-state index in [1.807, 2.05) is 0 Å². The Balaban J connectivity index is 1.93. The van der Waals surface area contributed by atoms with E-state index in [1.54, 1.807) is 32.0 Å². The molecule has 0 fully saturated rings. The third-order valence-electron chi connectivity index (χ3n) is 4.46. The van der Waals surface area contributed by atoms with Crippen LogP contribution in [-0.4, -0.2) is 35.6 Å². The average Bonchev–Trinajstić information content (AvgIpc) is 3.04. The van der Waals surface area contributed by atoms with Gasteiger partial charge in [0.05, 0.1) is 31.0 Å². The number of amides is 1. The number of fused-ring (bicyclic) bond motifs is 1. The topological polar surface area (TPSA) is 99.5 Å². The van der Waals surface area contributed by atoms with E-state index >= 15 is 0 Å². The predicted molar refractivity (Wildman–Crippen MR) is 111 cm³/mol. The number of nitrogens with one attached hydrogen (secondary N) is 1. The highest BCUT2D eigenvalue weighted by Crippen LogP contribution is 2.29. The zero-order valence-electron chi connectivity index (χ0n) is 16.1. The number of rotatable bonds is 5. The fraction of sp³-hybridized carbons (Fsp3) is 0.263. The summed E-state index contributed by atoms with van der Waals surface area (Å²) < 4.78 is 11.1. The lowest BCUT2D eigenvalue weighted by Crippen LogP contribution is -2.31. The van der Waals surface area contributed by atoms with E-state index in [0.29, 0.717) is 37.1 Å². The SMILES string of the molecule is COC(=O)c1sc2ncn(C(C)C(=O)Nc3ccc(OC)c(Cl)c3)c(=O)c2c1C. The maximum absolute atomic E-state index is 13.0. The molecular formula is C19H18ClN3O5S. The number of methoxy groups -OCH3 is 2. The summed E-state index contributed by atoms with van der Waals surface area (Å²) in [5.41, 5.74) is 0.544. The van der Waals surface area contributed by atoms with Crippen LogP contribution in [0, 0.1) is 6.92 Å². The summed E-state index contributed by atoms with van der Waals surface area (Å²) in [6.07, 6.45) is 1.30. The zero-order chi connectivity index (χ0) is 21.3. The second kappa shape index (κ2) is 8.22. The van der Waals surface area contributed by atoms with Crippen molar-refractivity contribution in [3.63, 3.8) is 0 Å². The Kier molecular flexibility index (Phi) is 5.90. The minimum atomic E-state index is -0.846. The number of hydrogen-bond donors (Lipinski definition) is 1. The number of ether oxygens (including phenoxy) is 2.